The average Bonchev–Trinajstić information content (AvgIpc) is 2.95. The maximum Gasteiger partial charge on any atom is 0.246 e. The Morgan fingerprint density at radius 2 is 2.33 bits per heavy atom. The van der Waals surface area contributed by atoms with Gasteiger partial charge in [0.2, 0.25) is 10.0 Å². The molecule has 0 aliphatic carbocycles. The second-order valence-electron chi connectivity index (χ2n) is 5.33. The Labute approximate surface area is 126 Å². The predicted octanol–water partition coefficient (Wildman–Crippen LogP) is 1.30. The van der Waals surface area contributed by atoms with Gasteiger partial charge < -0.3 is 10.4 Å². The lowest BCUT2D eigenvalue weighted by molar-refractivity contribution is 0.259. The molecule has 1 aliphatic heterocycles. The molecule has 6 nitrogen and oxygen atoms in total. The van der Waals surface area contributed by atoms with Crippen molar-refractivity contribution >= 4 is 15.7 Å². The van der Waals surface area contributed by atoms with E-state index < -0.39 is 10.0 Å². The lowest BCUT2D eigenvalue weighted by atomic mass is 10.1. The smallest absolute Gasteiger partial charge is 0.246 e. The van der Waals surface area contributed by atoms with Gasteiger partial charge in [0.1, 0.15) is 4.90 Å². The monoisotopic (exact) mass is 313 g/mol. The van der Waals surface area contributed by atoms with Crippen LogP contribution in [0.2, 0.25) is 0 Å². The van der Waals surface area contributed by atoms with Gasteiger partial charge >= 0.3 is 0 Å². The van der Waals surface area contributed by atoms with E-state index in [0.717, 1.165) is 19.4 Å². The molecule has 0 aromatic carbocycles. The Hall–Kier alpha value is -1.18. The van der Waals surface area contributed by atoms with Crippen LogP contribution in [-0.2, 0) is 10.0 Å². The van der Waals surface area contributed by atoms with E-state index in [1.807, 2.05) is 6.92 Å². The van der Waals surface area contributed by atoms with E-state index in [1.54, 1.807) is 12.3 Å². The van der Waals surface area contributed by atoms with E-state index in [9.17, 15) is 8.42 Å². The molecule has 21 heavy (non-hydrogen) atoms. The number of sulfonamides is 1. The number of aromatic nitrogens is 1. The molecule has 0 saturated carbocycles. The molecule has 1 aliphatic rings. The maximum atomic E-state index is 12.8. The number of pyridine rings is 1. The fourth-order valence-electron chi connectivity index (χ4n) is 2.56. The van der Waals surface area contributed by atoms with Crippen molar-refractivity contribution in [1.29, 1.82) is 0 Å². The van der Waals surface area contributed by atoms with Gasteiger partial charge in [-0.25, -0.2) is 8.42 Å². The molecule has 1 fully saturated rings. The second-order valence-corrected chi connectivity index (χ2v) is 7.24. The van der Waals surface area contributed by atoms with Gasteiger partial charge in [0.25, 0.3) is 0 Å². The first kappa shape index (κ1) is 16.2. The molecule has 2 N–H and O–H groups in total. The molecule has 1 aromatic heterocycles. The number of hydrogen-bond acceptors (Lipinski definition) is 5. The zero-order chi connectivity index (χ0) is 15.3. The molecule has 0 radical (unpaired) electrons. The van der Waals surface area contributed by atoms with E-state index in [4.69, 9.17) is 5.11 Å². The van der Waals surface area contributed by atoms with Crippen molar-refractivity contribution in [2.45, 2.75) is 31.1 Å². The largest absolute Gasteiger partial charge is 0.396 e. The molecule has 2 rings (SSSR count). The average molecular weight is 313 g/mol. The standard InChI is InChI=1S/C14H23N3O3S/c1-2-6-16-13-3-7-15-10-14(13)21(19,20)17-8-4-12(11-17)5-9-18/h3,7,10,12,18H,2,4-6,8-9,11H2,1H3,(H,15,16). The molecular formula is C14H23N3O3S. The van der Waals surface area contributed by atoms with E-state index in [2.05, 4.69) is 10.3 Å². The molecule has 1 atom stereocenters. The fraction of sp³-hybridized carbons (Fsp3) is 0.643. The van der Waals surface area contributed by atoms with Crippen LogP contribution >= 0.6 is 0 Å². The van der Waals surface area contributed by atoms with Gasteiger partial charge in [-0.3, -0.25) is 4.98 Å². The first-order chi connectivity index (χ1) is 10.1. The summed E-state index contributed by atoms with van der Waals surface area (Å²) >= 11 is 0. The Balaban J connectivity index is 2.20. The number of rotatable bonds is 7. The quantitative estimate of drug-likeness (QED) is 0.793. The van der Waals surface area contributed by atoms with Gasteiger partial charge in [0.15, 0.2) is 0 Å². The van der Waals surface area contributed by atoms with E-state index in [0.29, 0.717) is 25.2 Å². The van der Waals surface area contributed by atoms with E-state index in [-0.39, 0.29) is 17.4 Å². The van der Waals surface area contributed by atoms with E-state index in [1.165, 1.54) is 10.5 Å². The predicted molar refractivity (Wildman–Crippen MR) is 81.6 cm³/mol. The summed E-state index contributed by atoms with van der Waals surface area (Å²) in [7, 11) is -3.52. The molecule has 2 heterocycles. The number of anilines is 1. The number of nitrogens with one attached hydrogen (secondary N) is 1. The first-order valence-electron chi connectivity index (χ1n) is 7.38. The first-order valence-corrected chi connectivity index (χ1v) is 8.82. The highest BCUT2D eigenvalue weighted by Gasteiger charge is 2.33. The van der Waals surface area contributed by atoms with Crippen LogP contribution in [0.25, 0.3) is 0 Å². The number of hydrogen-bond donors (Lipinski definition) is 2. The van der Waals surface area contributed by atoms with Crippen LogP contribution in [0, 0.1) is 5.92 Å². The number of aliphatic hydroxyl groups is 1. The minimum Gasteiger partial charge on any atom is -0.396 e. The van der Waals surface area contributed by atoms with Crippen LogP contribution in [0.15, 0.2) is 23.4 Å². The normalized spacial score (nSPS) is 19.8. The van der Waals surface area contributed by atoms with Crippen LogP contribution < -0.4 is 5.32 Å². The summed E-state index contributed by atoms with van der Waals surface area (Å²) in [6.45, 7) is 3.84. The molecule has 1 saturated heterocycles. The fourth-order valence-corrected chi connectivity index (χ4v) is 4.21. The van der Waals surface area contributed by atoms with Crippen molar-refractivity contribution in [3.63, 3.8) is 0 Å². The topological polar surface area (TPSA) is 82.5 Å². The third kappa shape index (κ3) is 3.72. The molecule has 118 valence electrons. The van der Waals surface area contributed by atoms with Crippen molar-refractivity contribution in [2.24, 2.45) is 5.92 Å². The third-order valence-electron chi connectivity index (χ3n) is 3.75. The van der Waals surface area contributed by atoms with Crippen LogP contribution in [0.4, 0.5) is 5.69 Å². The van der Waals surface area contributed by atoms with Crippen molar-refractivity contribution in [3.05, 3.63) is 18.5 Å². The summed E-state index contributed by atoms with van der Waals surface area (Å²) < 4.78 is 27.0. The lowest BCUT2D eigenvalue weighted by Gasteiger charge is -2.19. The maximum absolute atomic E-state index is 12.8. The molecule has 1 aromatic rings. The van der Waals surface area contributed by atoms with Crippen molar-refractivity contribution in [1.82, 2.24) is 9.29 Å². The highest BCUT2D eigenvalue weighted by atomic mass is 32.2. The van der Waals surface area contributed by atoms with Gasteiger partial charge in [-0.2, -0.15) is 4.31 Å². The Bertz CT molecular complexity index is 562. The molecule has 0 spiro atoms. The number of nitrogens with zero attached hydrogens (tertiary/aromatic N) is 2. The van der Waals surface area contributed by atoms with Crippen LogP contribution in [0.5, 0.6) is 0 Å². The molecular weight excluding hydrogens is 290 g/mol. The summed E-state index contributed by atoms with van der Waals surface area (Å²) in [6, 6.07) is 1.70. The Morgan fingerprint density at radius 1 is 1.52 bits per heavy atom. The summed E-state index contributed by atoms with van der Waals surface area (Å²) in [4.78, 5) is 4.20. The lowest BCUT2D eigenvalue weighted by Crippen LogP contribution is -2.29. The van der Waals surface area contributed by atoms with Crippen molar-refractivity contribution < 1.29 is 13.5 Å². The zero-order valence-electron chi connectivity index (χ0n) is 12.3. The summed E-state index contributed by atoms with van der Waals surface area (Å²) in [5.74, 6) is 0.244. The molecule has 7 heteroatoms. The van der Waals surface area contributed by atoms with Gasteiger partial charge in [-0.05, 0) is 31.2 Å². The van der Waals surface area contributed by atoms with Gasteiger partial charge in [0.05, 0.1) is 5.69 Å². The van der Waals surface area contributed by atoms with Crippen molar-refractivity contribution in [3.8, 4) is 0 Å². The molecule has 1 unspecified atom stereocenters. The summed E-state index contributed by atoms with van der Waals surface area (Å²) in [6.07, 6.45) is 5.38. The van der Waals surface area contributed by atoms with Crippen molar-refractivity contribution in [2.75, 3.05) is 31.6 Å². The number of aliphatic hydroxyl groups excluding tert-OH is 1. The SMILES string of the molecule is CCCNc1ccncc1S(=O)(=O)N1CCC(CCO)C1. The second kappa shape index (κ2) is 7.20. The Morgan fingerprint density at radius 3 is 3.05 bits per heavy atom. The highest BCUT2D eigenvalue weighted by Crippen LogP contribution is 2.29. The summed E-state index contributed by atoms with van der Waals surface area (Å²) in [5.41, 5.74) is 0.609. The highest BCUT2D eigenvalue weighted by molar-refractivity contribution is 7.89. The zero-order valence-corrected chi connectivity index (χ0v) is 13.1. The molecule has 0 bridgehead atoms. The van der Waals surface area contributed by atoms with E-state index >= 15 is 0 Å². The van der Waals surface area contributed by atoms with Gasteiger partial charge in [-0.15, -0.1) is 0 Å². The van der Waals surface area contributed by atoms with Crippen LogP contribution in [-0.4, -0.2) is 49.1 Å². The minimum absolute atomic E-state index is 0.106. The summed E-state index contributed by atoms with van der Waals surface area (Å²) in [5, 5.41) is 12.1. The van der Waals surface area contributed by atoms with Gasteiger partial charge in [-0.1, -0.05) is 6.92 Å². The minimum atomic E-state index is -3.52. The molecule has 0 amide bonds. The van der Waals surface area contributed by atoms with Crippen LogP contribution in [0.1, 0.15) is 26.2 Å². The van der Waals surface area contributed by atoms with Gasteiger partial charge in [0, 0.05) is 38.6 Å². The van der Waals surface area contributed by atoms with Crippen LogP contribution in [0.3, 0.4) is 0 Å². The third-order valence-corrected chi connectivity index (χ3v) is 5.65. The Kier molecular flexibility index (Phi) is 5.55.